The van der Waals surface area contributed by atoms with Crippen molar-refractivity contribution in [1.82, 2.24) is 0 Å². The third kappa shape index (κ3) is 3.49. The van der Waals surface area contributed by atoms with Crippen molar-refractivity contribution in [2.75, 3.05) is 52.4 Å². The smallest absolute Gasteiger partial charge is 0.129 e. The van der Waals surface area contributed by atoms with Gasteiger partial charge in [0.1, 0.15) is 26.2 Å². The molecule has 2 fully saturated rings. The molecule has 0 amide bonds. The van der Waals surface area contributed by atoms with Crippen LogP contribution in [0.2, 0.25) is 0 Å². The summed E-state index contributed by atoms with van der Waals surface area (Å²) in [7, 11) is 0. The Balaban J connectivity index is 0.00000162. The van der Waals surface area contributed by atoms with Crippen LogP contribution in [0.4, 0.5) is 0 Å². The van der Waals surface area contributed by atoms with Gasteiger partial charge in [-0.2, -0.15) is 0 Å². The van der Waals surface area contributed by atoms with Gasteiger partial charge < -0.3 is 25.9 Å². The molecule has 2 heterocycles. The highest BCUT2D eigenvalue weighted by Gasteiger charge is 2.40. The molecule has 0 aromatic rings. The average molecular weight is 320 g/mol. The molecule has 108 valence electrons. The van der Waals surface area contributed by atoms with E-state index in [-0.39, 0.29) is 17.0 Å². The second-order valence-corrected chi connectivity index (χ2v) is 6.69. The highest BCUT2D eigenvalue weighted by molar-refractivity contribution is 4.62. The van der Waals surface area contributed by atoms with Gasteiger partial charge in [0, 0.05) is 0 Å². The first-order valence-electron chi connectivity index (χ1n) is 7.84. The Morgan fingerprint density at radius 1 is 0.833 bits per heavy atom. The number of hydrogen-bond donors (Lipinski definition) is 0. The van der Waals surface area contributed by atoms with Gasteiger partial charge in [0.2, 0.25) is 0 Å². The number of nitrogens with zero attached hydrogens (tertiary/aromatic N) is 2. The lowest BCUT2D eigenvalue weighted by Crippen LogP contribution is -3.00. The third-order valence-electron chi connectivity index (χ3n) is 5.86. The van der Waals surface area contributed by atoms with Crippen molar-refractivity contribution < 1.29 is 25.9 Å². The van der Waals surface area contributed by atoms with E-state index in [1.807, 2.05) is 0 Å². The van der Waals surface area contributed by atoms with Crippen LogP contribution in [0, 0.1) is 5.92 Å². The summed E-state index contributed by atoms with van der Waals surface area (Å²) in [6.45, 7) is 18.6. The van der Waals surface area contributed by atoms with E-state index in [2.05, 4.69) is 20.8 Å². The second-order valence-electron chi connectivity index (χ2n) is 6.69. The first-order chi connectivity index (χ1) is 8.14. The maximum Gasteiger partial charge on any atom is 0.129 e. The van der Waals surface area contributed by atoms with Crippen LogP contribution < -0.4 is 17.0 Å². The van der Waals surface area contributed by atoms with E-state index in [1.165, 1.54) is 80.6 Å². The summed E-state index contributed by atoms with van der Waals surface area (Å²) >= 11 is 0. The Morgan fingerprint density at radius 3 is 2.00 bits per heavy atom. The molecule has 2 aliphatic heterocycles. The van der Waals surface area contributed by atoms with Gasteiger partial charge in [-0.1, -0.05) is 6.92 Å². The number of hydrogen-bond acceptors (Lipinski definition) is 0. The predicted octanol–water partition coefficient (Wildman–Crippen LogP) is -0.503. The van der Waals surface area contributed by atoms with E-state index in [0.717, 1.165) is 5.92 Å². The van der Waals surface area contributed by atoms with E-state index in [0.29, 0.717) is 0 Å². The highest BCUT2D eigenvalue weighted by Crippen LogP contribution is 2.26. The number of halogens is 1. The fourth-order valence-electron chi connectivity index (χ4n) is 3.90. The van der Waals surface area contributed by atoms with Gasteiger partial charge in [0.15, 0.2) is 0 Å². The van der Waals surface area contributed by atoms with Crippen LogP contribution in [0.1, 0.15) is 40.0 Å². The molecule has 2 saturated heterocycles. The summed E-state index contributed by atoms with van der Waals surface area (Å²) in [4.78, 5) is 0. The molecule has 0 aromatic heterocycles. The predicted molar refractivity (Wildman–Crippen MR) is 73.8 cm³/mol. The second kappa shape index (κ2) is 6.71. The van der Waals surface area contributed by atoms with Crippen molar-refractivity contribution >= 4 is 0 Å². The maximum atomic E-state index is 2.45. The zero-order chi connectivity index (χ0) is 12.4. The summed E-state index contributed by atoms with van der Waals surface area (Å²) < 4.78 is 2.85. The largest absolute Gasteiger partial charge is 1.00 e. The zero-order valence-electron chi connectivity index (χ0n) is 12.6. The number of quaternary nitrogens is 2. The molecule has 0 bridgehead atoms. The molecule has 0 saturated carbocycles. The first kappa shape index (κ1) is 16.5. The van der Waals surface area contributed by atoms with Gasteiger partial charge >= 0.3 is 0 Å². The summed E-state index contributed by atoms with van der Waals surface area (Å²) in [6.07, 6.45) is 4.42. The lowest BCUT2D eigenvalue weighted by Gasteiger charge is -2.49. The number of likely N-dealkylation sites (N-methyl/N-ethyl adjacent to an activating group) is 1. The number of rotatable bonds is 2. The molecular weight excluding hydrogens is 288 g/mol. The van der Waals surface area contributed by atoms with Crippen molar-refractivity contribution in [3.05, 3.63) is 0 Å². The fraction of sp³-hybridized carbons (Fsp3) is 1.00. The summed E-state index contributed by atoms with van der Waals surface area (Å²) in [5, 5.41) is 0. The van der Waals surface area contributed by atoms with E-state index in [1.54, 1.807) is 0 Å². The van der Waals surface area contributed by atoms with Gasteiger partial charge in [0.05, 0.1) is 26.2 Å². The third-order valence-corrected chi connectivity index (χ3v) is 5.86. The van der Waals surface area contributed by atoms with Crippen LogP contribution in [-0.2, 0) is 0 Å². The number of piperazine rings is 1. The molecular formula is C15H32BrN2+. The SMILES string of the molecule is CC[N+]1(CC)CC[N+]2(CCCC(C)CC2)CC1.[Br-]. The molecule has 2 aliphatic rings. The Kier molecular flexibility index (Phi) is 6.14. The maximum absolute atomic E-state index is 2.45. The first-order valence-corrected chi connectivity index (χ1v) is 7.84. The fourth-order valence-corrected chi connectivity index (χ4v) is 3.90. The Labute approximate surface area is 124 Å². The van der Waals surface area contributed by atoms with E-state index >= 15 is 0 Å². The minimum absolute atomic E-state index is 0. The van der Waals surface area contributed by atoms with Crippen molar-refractivity contribution in [2.24, 2.45) is 5.92 Å². The van der Waals surface area contributed by atoms with Gasteiger partial charge in [-0.05, 0) is 39.0 Å². The van der Waals surface area contributed by atoms with Crippen LogP contribution in [-0.4, -0.2) is 61.3 Å². The van der Waals surface area contributed by atoms with Gasteiger partial charge in [-0.25, -0.2) is 0 Å². The van der Waals surface area contributed by atoms with Crippen LogP contribution >= 0.6 is 0 Å². The monoisotopic (exact) mass is 319 g/mol. The molecule has 1 atom stereocenters. The quantitative estimate of drug-likeness (QED) is 0.602. The molecule has 0 aliphatic carbocycles. The molecule has 2 rings (SSSR count). The summed E-state index contributed by atoms with van der Waals surface area (Å²) in [5.41, 5.74) is 0. The molecule has 18 heavy (non-hydrogen) atoms. The average Bonchev–Trinajstić information content (AvgIpc) is 2.55. The lowest BCUT2D eigenvalue weighted by atomic mass is 10.0. The Hall–Kier alpha value is 0.400. The molecule has 0 aromatic carbocycles. The van der Waals surface area contributed by atoms with Crippen molar-refractivity contribution in [3.8, 4) is 0 Å². The highest BCUT2D eigenvalue weighted by atomic mass is 79.9. The topological polar surface area (TPSA) is 0 Å². The summed E-state index contributed by atoms with van der Waals surface area (Å²) in [5.74, 6) is 0.978. The molecule has 0 N–H and O–H groups in total. The minimum atomic E-state index is 0. The van der Waals surface area contributed by atoms with E-state index in [9.17, 15) is 0 Å². The summed E-state index contributed by atoms with van der Waals surface area (Å²) in [6, 6.07) is 0. The molecule has 1 spiro atoms. The zero-order valence-corrected chi connectivity index (χ0v) is 14.2. The Morgan fingerprint density at radius 2 is 1.44 bits per heavy atom. The van der Waals surface area contributed by atoms with E-state index < -0.39 is 0 Å². The van der Waals surface area contributed by atoms with Crippen LogP contribution in [0.25, 0.3) is 0 Å². The van der Waals surface area contributed by atoms with Crippen LogP contribution in [0.5, 0.6) is 0 Å². The van der Waals surface area contributed by atoms with Gasteiger partial charge in [0.25, 0.3) is 0 Å². The van der Waals surface area contributed by atoms with Crippen molar-refractivity contribution in [1.29, 1.82) is 0 Å². The van der Waals surface area contributed by atoms with Crippen LogP contribution in [0.15, 0.2) is 0 Å². The van der Waals surface area contributed by atoms with Gasteiger partial charge in [-0.3, -0.25) is 0 Å². The Bertz CT molecular complexity index is 241. The standard InChI is InChI=1S/C15H32N2.BrH/c1-4-16(5-2)11-13-17(14-12-16)9-6-7-15(3)8-10-17;/h15H,4-14H2,1-3H3;1H/q+2;/p-1. The van der Waals surface area contributed by atoms with E-state index in [4.69, 9.17) is 0 Å². The van der Waals surface area contributed by atoms with Gasteiger partial charge in [-0.15, -0.1) is 0 Å². The van der Waals surface area contributed by atoms with Crippen LogP contribution in [0.3, 0.4) is 0 Å². The van der Waals surface area contributed by atoms with Crippen molar-refractivity contribution in [3.63, 3.8) is 0 Å². The minimum Gasteiger partial charge on any atom is -1.00 e. The normalized spacial score (nSPS) is 30.5. The van der Waals surface area contributed by atoms with Crippen molar-refractivity contribution in [2.45, 2.75) is 40.0 Å². The lowest BCUT2D eigenvalue weighted by molar-refractivity contribution is -1.03. The molecule has 3 heteroatoms. The molecule has 1 unspecified atom stereocenters. The molecule has 0 radical (unpaired) electrons. The molecule has 2 nitrogen and oxygen atoms in total.